The summed E-state index contributed by atoms with van der Waals surface area (Å²) in [7, 11) is -0.698. The molecule has 0 saturated carbocycles. The van der Waals surface area contributed by atoms with E-state index in [4.69, 9.17) is 14.0 Å². The number of aromatic nitrogens is 1. The third kappa shape index (κ3) is 3.49. The van der Waals surface area contributed by atoms with E-state index < -0.39 is 30.0 Å². The number of rotatable bonds is 2. The number of fused-ring (bicyclic) bond motifs is 1. The maximum atomic E-state index is 12.8. The average Bonchev–Trinajstić information content (AvgIpc) is 3.00. The van der Waals surface area contributed by atoms with Crippen LogP contribution in [-0.2, 0) is 14.0 Å². The van der Waals surface area contributed by atoms with Crippen molar-refractivity contribution in [3.05, 3.63) is 30.0 Å². The highest BCUT2D eigenvalue weighted by atomic mass is 16.7. The van der Waals surface area contributed by atoms with Crippen LogP contribution >= 0.6 is 0 Å². The molecule has 0 N–H and O–H groups in total. The van der Waals surface area contributed by atoms with Crippen LogP contribution in [0.4, 0.5) is 4.79 Å². The molecule has 2 heterocycles. The fraction of sp³-hybridized carbons (Fsp3) is 0.524. The molecular formula is C21H28BNO5. The number of hydrogen-bond acceptors (Lipinski definition) is 5. The molecule has 0 aliphatic carbocycles. The normalized spacial score (nSPS) is 18.5. The SMILES string of the molecule is CC(=O)c1cccc2c1c(B1OC(C)(C)C(C)(C)O1)cn2C(=O)OC(C)(C)C. The van der Waals surface area contributed by atoms with E-state index in [1.54, 1.807) is 24.4 Å². The van der Waals surface area contributed by atoms with Gasteiger partial charge in [0.05, 0.1) is 16.7 Å². The Kier molecular flexibility index (Phi) is 4.75. The highest BCUT2D eigenvalue weighted by molar-refractivity contribution is 6.65. The molecule has 7 heteroatoms. The van der Waals surface area contributed by atoms with Crippen LogP contribution in [0.3, 0.4) is 0 Å². The summed E-state index contributed by atoms with van der Waals surface area (Å²) in [5.74, 6) is -0.0923. The number of benzene rings is 1. The summed E-state index contributed by atoms with van der Waals surface area (Å²) < 4.78 is 19.3. The lowest BCUT2D eigenvalue weighted by Crippen LogP contribution is -2.41. The fourth-order valence-corrected chi connectivity index (χ4v) is 3.22. The van der Waals surface area contributed by atoms with Gasteiger partial charge in [0.2, 0.25) is 0 Å². The molecule has 0 bridgehead atoms. The van der Waals surface area contributed by atoms with Crippen LogP contribution in [0.5, 0.6) is 0 Å². The molecule has 1 aliphatic rings. The van der Waals surface area contributed by atoms with Gasteiger partial charge in [0.15, 0.2) is 5.78 Å². The second-order valence-electron chi connectivity index (χ2n) is 9.28. The van der Waals surface area contributed by atoms with Crippen LogP contribution in [0.15, 0.2) is 24.4 Å². The van der Waals surface area contributed by atoms with Gasteiger partial charge in [-0.05, 0) is 61.5 Å². The molecule has 0 spiro atoms. The molecule has 150 valence electrons. The Morgan fingerprint density at radius 1 is 1.07 bits per heavy atom. The molecule has 0 radical (unpaired) electrons. The van der Waals surface area contributed by atoms with Crippen LogP contribution in [0, 0.1) is 0 Å². The Morgan fingerprint density at radius 3 is 2.14 bits per heavy atom. The van der Waals surface area contributed by atoms with Gasteiger partial charge in [-0.3, -0.25) is 9.36 Å². The smallest absolute Gasteiger partial charge is 0.443 e. The average molecular weight is 385 g/mol. The Balaban J connectivity index is 2.20. The summed E-state index contributed by atoms with van der Waals surface area (Å²) >= 11 is 0. The van der Waals surface area contributed by atoms with E-state index >= 15 is 0 Å². The molecule has 28 heavy (non-hydrogen) atoms. The van der Waals surface area contributed by atoms with Crippen molar-refractivity contribution in [3.8, 4) is 0 Å². The maximum absolute atomic E-state index is 12.8. The lowest BCUT2D eigenvalue weighted by molar-refractivity contribution is 0.00578. The summed E-state index contributed by atoms with van der Waals surface area (Å²) in [5, 5.41) is 0.652. The van der Waals surface area contributed by atoms with Crippen molar-refractivity contribution in [1.29, 1.82) is 0 Å². The largest absolute Gasteiger partial charge is 0.497 e. The summed E-state index contributed by atoms with van der Waals surface area (Å²) in [6.45, 7) is 14.8. The van der Waals surface area contributed by atoms with Gasteiger partial charge in [0, 0.05) is 22.6 Å². The van der Waals surface area contributed by atoms with E-state index in [2.05, 4.69) is 0 Å². The lowest BCUT2D eigenvalue weighted by atomic mass is 9.77. The fourth-order valence-electron chi connectivity index (χ4n) is 3.22. The third-order valence-corrected chi connectivity index (χ3v) is 5.34. The minimum absolute atomic E-state index is 0.0923. The molecule has 0 amide bonds. The quantitative estimate of drug-likeness (QED) is 0.579. The van der Waals surface area contributed by atoms with Crippen LogP contribution in [0.25, 0.3) is 10.9 Å². The van der Waals surface area contributed by atoms with Gasteiger partial charge in [-0.2, -0.15) is 0 Å². The van der Waals surface area contributed by atoms with Gasteiger partial charge in [-0.15, -0.1) is 0 Å². The molecule has 1 aromatic heterocycles. The van der Waals surface area contributed by atoms with Crippen molar-refractivity contribution in [2.24, 2.45) is 0 Å². The molecule has 1 fully saturated rings. The topological polar surface area (TPSA) is 66.8 Å². The molecule has 0 atom stereocenters. The first-order valence-electron chi connectivity index (χ1n) is 9.47. The zero-order valence-electron chi connectivity index (χ0n) is 17.9. The van der Waals surface area contributed by atoms with Crippen molar-refractivity contribution >= 4 is 35.4 Å². The van der Waals surface area contributed by atoms with E-state index in [9.17, 15) is 9.59 Å². The molecule has 1 aliphatic heterocycles. The van der Waals surface area contributed by atoms with Gasteiger partial charge < -0.3 is 14.0 Å². The van der Waals surface area contributed by atoms with Crippen molar-refractivity contribution in [1.82, 2.24) is 4.57 Å². The second-order valence-corrected chi connectivity index (χ2v) is 9.28. The number of carbonyl (C=O) groups is 2. The van der Waals surface area contributed by atoms with E-state index in [-0.39, 0.29) is 5.78 Å². The number of ether oxygens (including phenoxy) is 1. The summed E-state index contributed by atoms with van der Waals surface area (Å²) in [5.41, 5.74) is 0.0319. The van der Waals surface area contributed by atoms with Gasteiger partial charge in [-0.25, -0.2) is 4.79 Å². The molecule has 2 aromatic rings. The number of hydrogen-bond donors (Lipinski definition) is 0. The lowest BCUT2D eigenvalue weighted by Gasteiger charge is -2.32. The van der Waals surface area contributed by atoms with Crippen molar-refractivity contribution in [2.45, 2.75) is 72.2 Å². The van der Waals surface area contributed by atoms with Crippen molar-refractivity contribution in [3.63, 3.8) is 0 Å². The maximum Gasteiger partial charge on any atom is 0.497 e. The van der Waals surface area contributed by atoms with Crippen LogP contribution in [0.2, 0.25) is 0 Å². The van der Waals surface area contributed by atoms with Gasteiger partial charge >= 0.3 is 13.2 Å². The summed E-state index contributed by atoms with van der Waals surface area (Å²) in [6, 6.07) is 5.30. The third-order valence-electron chi connectivity index (χ3n) is 5.34. The van der Waals surface area contributed by atoms with E-state index in [0.29, 0.717) is 21.9 Å². The first-order chi connectivity index (χ1) is 12.7. The van der Waals surface area contributed by atoms with Crippen molar-refractivity contribution < 1.29 is 23.6 Å². The zero-order chi connectivity index (χ0) is 21.1. The molecule has 1 saturated heterocycles. The minimum Gasteiger partial charge on any atom is -0.443 e. The number of carbonyl (C=O) groups excluding carboxylic acids is 2. The predicted octanol–water partition coefficient (Wildman–Crippen LogP) is 3.93. The van der Waals surface area contributed by atoms with Crippen LogP contribution in [-0.4, -0.2) is 40.4 Å². The van der Waals surface area contributed by atoms with Crippen LogP contribution in [0.1, 0.15) is 65.7 Å². The standard InChI is InChI=1S/C21H28BNO5/c1-13(24)14-10-9-11-16-17(14)15(12-23(16)18(25)26-19(2,3)4)22-27-20(5,6)21(7,8)28-22/h9-12H,1-8H3. The second kappa shape index (κ2) is 6.46. The van der Waals surface area contributed by atoms with E-state index in [0.717, 1.165) is 0 Å². The summed E-state index contributed by atoms with van der Waals surface area (Å²) in [6.07, 6.45) is 1.15. The number of nitrogens with zero attached hydrogens (tertiary/aromatic N) is 1. The Morgan fingerprint density at radius 2 is 1.64 bits per heavy atom. The Labute approximate surface area is 166 Å². The van der Waals surface area contributed by atoms with Gasteiger partial charge in [0.1, 0.15) is 5.60 Å². The number of Topliss-reactive ketones (excluding diaryl/α,β-unsaturated/α-hetero) is 1. The van der Waals surface area contributed by atoms with Crippen LogP contribution < -0.4 is 5.46 Å². The Hall–Kier alpha value is -2.12. The zero-order valence-corrected chi connectivity index (χ0v) is 17.9. The molecular weight excluding hydrogens is 357 g/mol. The highest BCUT2D eigenvalue weighted by Crippen LogP contribution is 2.37. The van der Waals surface area contributed by atoms with E-state index in [1.807, 2.05) is 48.5 Å². The molecule has 0 unspecified atom stereocenters. The molecule has 6 nitrogen and oxygen atoms in total. The Bertz CT molecular complexity index is 936. The first kappa shape index (κ1) is 20.6. The van der Waals surface area contributed by atoms with Gasteiger partial charge in [0.25, 0.3) is 0 Å². The molecule has 1 aromatic carbocycles. The van der Waals surface area contributed by atoms with E-state index in [1.165, 1.54) is 11.5 Å². The van der Waals surface area contributed by atoms with Gasteiger partial charge in [-0.1, -0.05) is 12.1 Å². The summed E-state index contributed by atoms with van der Waals surface area (Å²) in [4.78, 5) is 25.1. The monoisotopic (exact) mass is 385 g/mol. The first-order valence-corrected chi connectivity index (χ1v) is 9.47. The number of ketones is 1. The molecule has 3 rings (SSSR count). The minimum atomic E-state index is -0.698. The predicted molar refractivity (Wildman–Crippen MR) is 109 cm³/mol. The highest BCUT2D eigenvalue weighted by Gasteiger charge is 2.52. The van der Waals surface area contributed by atoms with Crippen molar-refractivity contribution in [2.75, 3.05) is 0 Å².